The molecule has 0 aliphatic carbocycles. The molecule has 2 amide bonds. The maximum Gasteiger partial charge on any atom is 0.319 e. The zero-order valence-corrected chi connectivity index (χ0v) is 15.9. The second-order valence-electron chi connectivity index (χ2n) is 5.76. The molecule has 0 saturated heterocycles. The van der Waals surface area contributed by atoms with Crippen molar-refractivity contribution < 1.29 is 19.0 Å². The van der Waals surface area contributed by atoms with E-state index >= 15 is 0 Å². The second-order valence-corrected chi connectivity index (χ2v) is 5.76. The largest absolute Gasteiger partial charge is 0.493 e. The summed E-state index contributed by atoms with van der Waals surface area (Å²) >= 11 is 0. The highest BCUT2D eigenvalue weighted by Crippen LogP contribution is 2.39. The number of rotatable bonds is 7. The number of hydrogen-bond acceptors (Lipinski definition) is 4. The minimum absolute atomic E-state index is 0.272. The van der Waals surface area contributed by atoms with E-state index in [1.807, 2.05) is 31.2 Å². The van der Waals surface area contributed by atoms with E-state index in [1.54, 1.807) is 27.4 Å². The Bertz CT molecular complexity index is 775. The molecule has 0 aromatic heterocycles. The number of para-hydroxylation sites is 1. The fourth-order valence-corrected chi connectivity index (χ4v) is 2.84. The summed E-state index contributed by atoms with van der Waals surface area (Å²) in [5.74, 6) is 1.62. The third kappa shape index (κ3) is 4.20. The van der Waals surface area contributed by atoms with E-state index < -0.39 is 0 Å². The van der Waals surface area contributed by atoms with Crippen molar-refractivity contribution in [1.82, 2.24) is 5.32 Å². The SMILES string of the molecule is CCc1cccc(C)c1NC(=O)NCc1ccc(OC)c(OC)c1OC. The first-order valence-electron chi connectivity index (χ1n) is 8.46. The van der Waals surface area contributed by atoms with Gasteiger partial charge in [0, 0.05) is 17.8 Å². The molecule has 0 heterocycles. The summed E-state index contributed by atoms with van der Waals surface area (Å²) in [5.41, 5.74) is 3.78. The number of anilines is 1. The molecule has 2 aromatic carbocycles. The van der Waals surface area contributed by atoms with Crippen molar-refractivity contribution in [2.75, 3.05) is 26.6 Å². The fraction of sp³-hybridized carbons (Fsp3) is 0.350. The molecule has 6 heteroatoms. The molecule has 0 aliphatic rings. The van der Waals surface area contributed by atoms with Gasteiger partial charge in [0.25, 0.3) is 0 Å². The minimum atomic E-state index is -0.272. The molecule has 0 unspecified atom stereocenters. The van der Waals surface area contributed by atoms with Crippen LogP contribution in [-0.2, 0) is 13.0 Å². The van der Waals surface area contributed by atoms with Crippen molar-refractivity contribution in [3.63, 3.8) is 0 Å². The van der Waals surface area contributed by atoms with Crippen LogP contribution in [0.25, 0.3) is 0 Å². The lowest BCUT2D eigenvalue weighted by molar-refractivity contribution is 0.251. The highest BCUT2D eigenvalue weighted by atomic mass is 16.5. The zero-order valence-electron chi connectivity index (χ0n) is 15.9. The zero-order chi connectivity index (χ0) is 19.1. The standard InChI is InChI=1S/C20H26N2O4/c1-6-14-9-7-8-13(2)17(14)22-20(23)21-12-15-10-11-16(24-3)19(26-5)18(15)25-4/h7-11H,6,12H2,1-5H3,(H2,21,22,23). The normalized spacial score (nSPS) is 10.2. The molecule has 26 heavy (non-hydrogen) atoms. The molecule has 0 saturated carbocycles. The molecule has 0 atom stereocenters. The topological polar surface area (TPSA) is 68.8 Å². The summed E-state index contributed by atoms with van der Waals surface area (Å²) in [6.07, 6.45) is 0.848. The molecule has 6 nitrogen and oxygen atoms in total. The van der Waals surface area contributed by atoms with E-state index in [1.165, 1.54) is 0 Å². The lowest BCUT2D eigenvalue weighted by atomic mass is 10.1. The third-order valence-corrected chi connectivity index (χ3v) is 4.20. The number of hydrogen-bond donors (Lipinski definition) is 2. The summed E-state index contributed by atoms with van der Waals surface area (Å²) in [7, 11) is 4.67. The Morgan fingerprint density at radius 2 is 1.69 bits per heavy atom. The molecule has 2 rings (SSSR count). The van der Waals surface area contributed by atoms with E-state index in [2.05, 4.69) is 17.6 Å². The van der Waals surface area contributed by atoms with Crippen LogP contribution in [0.1, 0.15) is 23.6 Å². The number of urea groups is 1. The van der Waals surface area contributed by atoms with Gasteiger partial charge in [-0.3, -0.25) is 0 Å². The van der Waals surface area contributed by atoms with Gasteiger partial charge in [-0.05, 0) is 36.6 Å². The Kier molecular flexibility index (Phi) is 6.72. The summed E-state index contributed by atoms with van der Waals surface area (Å²) in [6, 6.07) is 9.34. The lowest BCUT2D eigenvalue weighted by Gasteiger charge is -2.17. The molecule has 0 bridgehead atoms. The summed E-state index contributed by atoms with van der Waals surface area (Å²) in [4.78, 5) is 12.4. The van der Waals surface area contributed by atoms with Crippen molar-refractivity contribution in [2.45, 2.75) is 26.8 Å². The fourth-order valence-electron chi connectivity index (χ4n) is 2.84. The number of methoxy groups -OCH3 is 3. The average Bonchev–Trinajstić information content (AvgIpc) is 2.66. The Morgan fingerprint density at radius 3 is 2.31 bits per heavy atom. The smallest absolute Gasteiger partial charge is 0.319 e. The third-order valence-electron chi connectivity index (χ3n) is 4.20. The van der Waals surface area contributed by atoms with Crippen LogP contribution in [0, 0.1) is 6.92 Å². The molecule has 2 aromatic rings. The van der Waals surface area contributed by atoms with Crippen LogP contribution in [0.2, 0.25) is 0 Å². The summed E-state index contributed by atoms with van der Waals surface area (Å²) in [6.45, 7) is 4.33. The molecular weight excluding hydrogens is 332 g/mol. The van der Waals surface area contributed by atoms with Gasteiger partial charge in [-0.1, -0.05) is 25.1 Å². The van der Waals surface area contributed by atoms with E-state index in [0.717, 1.165) is 28.8 Å². The second kappa shape index (κ2) is 8.99. The number of amides is 2. The van der Waals surface area contributed by atoms with Gasteiger partial charge in [0.05, 0.1) is 21.3 Å². The predicted octanol–water partition coefficient (Wildman–Crippen LogP) is 3.90. The van der Waals surface area contributed by atoms with Crippen molar-refractivity contribution >= 4 is 11.7 Å². The molecule has 0 spiro atoms. The van der Waals surface area contributed by atoms with E-state index in [0.29, 0.717) is 23.8 Å². The molecule has 2 N–H and O–H groups in total. The molecule has 140 valence electrons. The van der Waals surface area contributed by atoms with Crippen molar-refractivity contribution in [1.29, 1.82) is 0 Å². The number of nitrogens with one attached hydrogen (secondary N) is 2. The maximum absolute atomic E-state index is 12.4. The van der Waals surface area contributed by atoms with Gasteiger partial charge in [-0.25, -0.2) is 4.79 Å². The van der Waals surface area contributed by atoms with E-state index in [9.17, 15) is 4.79 Å². The number of carbonyl (C=O) groups excluding carboxylic acids is 1. The summed E-state index contributed by atoms with van der Waals surface area (Å²) in [5, 5.41) is 5.80. The van der Waals surface area contributed by atoms with Crippen LogP contribution in [-0.4, -0.2) is 27.4 Å². The maximum atomic E-state index is 12.4. The van der Waals surface area contributed by atoms with Crippen LogP contribution in [0.4, 0.5) is 10.5 Å². The number of ether oxygens (including phenoxy) is 3. The number of benzene rings is 2. The van der Waals surface area contributed by atoms with Crippen LogP contribution >= 0.6 is 0 Å². The Hall–Kier alpha value is -2.89. The minimum Gasteiger partial charge on any atom is -0.493 e. The van der Waals surface area contributed by atoms with E-state index in [-0.39, 0.29) is 6.03 Å². The first-order chi connectivity index (χ1) is 12.5. The monoisotopic (exact) mass is 358 g/mol. The van der Waals surface area contributed by atoms with Crippen molar-refractivity contribution in [3.8, 4) is 17.2 Å². The van der Waals surface area contributed by atoms with Gasteiger partial charge in [0.15, 0.2) is 11.5 Å². The summed E-state index contributed by atoms with van der Waals surface area (Å²) < 4.78 is 16.1. The number of carbonyl (C=O) groups is 1. The van der Waals surface area contributed by atoms with Crippen LogP contribution < -0.4 is 24.8 Å². The Balaban J connectivity index is 2.13. The van der Waals surface area contributed by atoms with Gasteiger partial charge in [-0.15, -0.1) is 0 Å². The van der Waals surface area contributed by atoms with Crippen molar-refractivity contribution in [3.05, 3.63) is 47.0 Å². The van der Waals surface area contributed by atoms with Gasteiger partial charge in [-0.2, -0.15) is 0 Å². The van der Waals surface area contributed by atoms with Crippen LogP contribution in [0.5, 0.6) is 17.2 Å². The molecule has 0 aliphatic heterocycles. The Morgan fingerprint density at radius 1 is 0.962 bits per heavy atom. The average molecular weight is 358 g/mol. The molecule has 0 fully saturated rings. The number of aryl methyl sites for hydroxylation is 2. The van der Waals surface area contributed by atoms with Gasteiger partial charge in [0.1, 0.15) is 0 Å². The van der Waals surface area contributed by atoms with E-state index in [4.69, 9.17) is 14.2 Å². The van der Waals surface area contributed by atoms with Crippen LogP contribution in [0.15, 0.2) is 30.3 Å². The van der Waals surface area contributed by atoms with Gasteiger partial charge < -0.3 is 24.8 Å². The van der Waals surface area contributed by atoms with Gasteiger partial charge in [0.2, 0.25) is 5.75 Å². The van der Waals surface area contributed by atoms with Crippen molar-refractivity contribution in [2.24, 2.45) is 0 Å². The quantitative estimate of drug-likeness (QED) is 0.787. The lowest BCUT2D eigenvalue weighted by Crippen LogP contribution is -2.29. The predicted molar refractivity (Wildman–Crippen MR) is 103 cm³/mol. The first-order valence-corrected chi connectivity index (χ1v) is 8.46. The van der Waals surface area contributed by atoms with Crippen LogP contribution in [0.3, 0.4) is 0 Å². The Labute approximate surface area is 154 Å². The highest BCUT2D eigenvalue weighted by molar-refractivity contribution is 5.91. The highest BCUT2D eigenvalue weighted by Gasteiger charge is 2.16. The molecule has 0 radical (unpaired) electrons. The first kappa shape index (κ1) is 19.4. The van der Waals surface area contributed by atoms with Gasteiger partial charge >= 0.3 is 6.03 Å². The molecular formula is C20H26N2O4.